The number of halogens is 1. The third kappa shape index (κ3) is 2.30. The molecule has 0 saturated heterocycles. The maximum Gasteiger partial charge on any atom is 0.314 e. The van der Waals surface area contributed by atoms with Crippen LogP contribution in [0.2, 0.25) is 0 Å². The number of hydrogen-bond acceptors (Lipinski definition) is 3. The number of ether oxygens (including phenoxy) is 1. The first-order valence-corrected chi connectivity index (χ1v) is 4.69. The predicted octanol–water partition coefficient (Wildman–Crippen LogP) is 1.47. The molecule has 0 radical (unpaired) electrons. The average Bonchev–Trinajstić information content (AvgIpc) is 2.27. The minimum absolute atomic E-state index is 0. The molecule has 82 valence electrons. The van der Waals surface area contributed by atoms with Crippen molar-refractivity contribution in [2.75, 3.05) is 13.7 Å². The first-order valence-electron chi connectivity index (χ1n) is 4.69. The van der Waals surface area contributed by atoms with Crippen molar-refractivity contribution in [2.45, 2.75) is 12.5 Å². The molecule has 1 atom stereocenters. The molecule has 1 aliphatic heterocycles. The highest BCUT2D eigenvalue weighted by molar-refractivity contribution is 5.85. The second kappa shape index (κ2) is 5.14. The van der Waals surface area contributed by atoms with Gasteiger partial charge in [0.1, 0.15) is 0 Å². The maximum absolute atomic E-state index is 11.5. The number of carbonyl (C=O) groups excluding carboxylic acids is 1. The molecule has 1 N–H and O–H groups in total. The van der Waals surface area contributed by atoms with Crippen molar-refractivity contribution in [1.82, 2.24) is 5.32 Å². The van der Waals surface area contributed by atoms with Crippen molar-refractivity contribution in [3.05, 3.63) is 35.4 Å². The molecule has 1 aromatic carbocycles. The van der Waals surface area contributed by atoms with E-state index in [2.05, 4.69) is 5.32 Å². The molecule has 15 heavy (non-hydrogen) atoms. The Morgan fingerprint density at radius 3 is 2.93 bits per heavy atom. The lowest BCUT2D eigenvalue weighted by molar-refractivity contribution is -0.142. The number of hydrogen-bond donors (Lipinski definition) is 1. The van der Waals surface area contributed by atoms with E-state index in [-0.39, 0.29) is 24.3 Å². The highest BCUT2D eigenvalue weighted by Crippen LogP contribution is 2.24. The van der Waals surface area contributed by atoms with Crippen LogP contribution in [0.5, 0.6) is 0 Å². The Labute approximate surface area is 95.2 Å². The third-order valence-corrected chi connectivity index (χ3v) is 2.58. The Kier molecular flexibility index (Phi) is 4.12. The molecule has 3 nitrogen and oxygen atoms in total. The van der Waals surface area contributed by atoms with Gasteiger partial charge in [-0.15, -0.1) is 12.4 Å². The number of fused-ring (bicyclic) bond motifs is 1. The van der Waals surface area contributed by atoms with Gasteiger partial charge in [0, 0.05) is 13.1 Å². The average molecular weight is 228 g/mol. The van der Waals surface area contributed by atoms with E-state index in [0.717, 1.165) is 12.1 Å². The zero-order valence-corrected chi connectivity index (χ0v) is 9.34. The van der Waals surface area contributed by atoms with Crippen molar-refractivity contribution in [3.8, 4) is 0 Å². The molecule has 1 aliphatic rings. The number of rotatable bonds is 1. The van der Waals surface area contributed by atoms with Gasteiger partial charge >= 0.3 is 5.97 Å². The van der Waals surface area contributed by atoms with Gasteiger partial charge in [0.05, 0.1) is 13.0 Å². The molecule has 0 fully saturated rings. The Bertz CT molecular complexity index is 354. The first-order chi connectivity index (χ1) is 6.83. The summed E-state index contributed by atoms with van der Waals surface area (Å²) in [5, 5.41) is 3.21. The molecular formula is C11H14ClNO2. The molecule has 0 spiro atoms. The van der Waals surface area contributed by atoms with E-state index in [1.807, 2.05) is 24.3 Å². The Morgan fingerprint density at radius 1 is 1.47 bits per heavy atom. The van der Waals surface area contributed by atoms with E-state index in [4.69, 9.17) is 4.74 Å². The molecule has 1 heterocycles. The van der Waals surface area contributed by atoms with Gasteiger partial charge in [-0.1, -0.05) is 24.3 Å². The smallest absolute Gasteiger partial charge is 0.314 e. The van der Waals surface area contributed by atoms with Crippen molar-refractivity contribution < 1.29 is 9.53 Å². The van der Waals surface area contributed by atoms with E-state index in [0.29, 0.717) is 6.54 Å². The maximum atomic E-state index is 11.5. The quantitative estimate of drug-likeness (QED) is 0.739. The standard InChI is InChI=1S/C11H13NO2.ClH/c1-14-11(13)10-7-12-6-8-4-2-3-5-9(8)10;/h2-5,10,12H,6-7H2,1H3;1H. The van der Waals surface area contributed by atoms with Crippen LogP contribution in [-0.4, -0.2) is 19.6 Å². The fourth-order valence-electron chi connectivity index (χ4n) is 1.85. The summed E-state index contributed by atoms with van der Waals surface area (Å²) in [6.07, 6.45) is 0. The van der Waals surface area contributed by atoms with Crippen LogP contribution in [0.25, 0.3) is 0 Å². The van der Waals surface area contributed by atoms with Gasteiger partial charge in [-0.25, -0.2) is 0 Å². The molecule has 0 bridgehead atoms. The Morgan fingerprint density at radius 2 is 2.20 bits per heavy atom. The predicted molar refractivity (Wildman–Crippen MR) is 60.2 cm³/mol. The van der Waals surface area contributed by atoms with Gasteiger partial charge in [0.25, 0.3) is 0 Å². The van der Waals surface area contributed by atoms with Gasteiger partial charge in [0.15, 0.2) is 0 Å². The first kappa shape index (κ1) is 12.0. The fraction of sp³-hybridized carbons (Fsp3) is 0.364. The van der Waals surface area contributed by atoms with Crippen LogP contribution in [0.15, 0.2) is 24.3 Å². The van der Waals surface area contributed by atoms with Gasteiger partial charge in [-0.2, -0.15) is 0 Å². The van der Waals surface area contributed by atoms with Crippen LogP contribution in [0.4, 0.5) is 0 Å². The molecule has 1 unspecified atom stereocenters. The second-order valence-corrected chi connectivity index (χ2v) is 3.41. The van der Waals surface area contributed by atoms with Crippen LogP contribution in [0, 0.1) is 0 Å². The summed E-state index contributed by atoms with van der Waals surface area (Å²) >= 11 is 0. The number of nitrogens with one attached hydrogen (secondary N) is 1. The summed E-state index contributed by atoms with van der Waals surface area (Å²) in [4.78, 5) is 11.5. The zero-order chi connectivity index (χ0) is 9.97. The van der Waals surface area contributed by atoms with E-state index in [1.54, 1.807) is 0 Å². The van der Waals surface area contributed by atoms with Crippen molar-refractivity contribution in [2.24, 2.45) is 0 Å². The third-order valence-electron chi connectivity index (χ3n) is 2.58. The monoisotopic (exact) mass is 227 g/mol. The number of carbonyl (C=O) groups is 1. The number of benzene rings is 1. The van der Waals surface area contributed by atoms with Crippen LogP contribution >= 0.6 is 12.4 Å². The van der Waals surface area contributed by atoms with Crippen LogP contribution in [0.3, 0.4) is 0 Å². The van der Waals surface area contributed by atoms with Gasteiger partial charge < -0.3 is 10.1 Å². The molecule has 0 aromatic heterocycles. The number of esters is 1. The SMILES string of the molecule is COC(=O)C1CNCc2ccccc21.Cl. The fourth-order valence-corrected chi connectivity index (χ4v) is 1.85. The molecule has 0 amide bonds. The second-order valence-electron chi connectivity index (χ2n) is 3.41. The van der Waals surface area contributed by atoms with Crippen molar-refractivity contribution >= 4 is 18.4 Å². The topological polar surface area (TPSA) is 38.3 Å². The lowest BCUT2D eigenvalue weighted by atomic mass is 9.91. The molecule has 0 saturated carbocycles. The number of methoxy groups -OCH3 is 1. The van der Waals surface area contributed by atoms with Gasteiger partial charge in [-0.3, -0.25) is 4.79 Å². The van der Waals surface area contributed by atoms with Gasteiger partial charge in [0.2, 0.25) is 0 Å². The highest BCUT2D eigenvalue weighted by Gasteiger charge is 2.26. The molecule has 0 aliphatic carbocycles. The summed E-state index contributed by atoms with van der Waals surface area (Å²) in [5.41, 5.74) is 2.28. The molecule has 1 aromatic rings. The van der Waals surface area contributed by atoms with E-state index in [1.165, 1.54) is 12.7 Å². The highest BCUT2D eigenvalue weighted by atomic mass is 35.5. The van der Waals surface area contributed by atoms with Crippen LogP contribution in [-0.2, 0) is 16.1 Å². The molecule has 4 heteroatoms. The summed E-state index contributed by atoms with van der Waals surface area (Å²) in [5.74, 6) is -0.311. The van der Waals surface area contributed by atoms with Gasteiger partial charge in [-0.05, 0) is 11.1 Å². The lowest BCUT2D eigenvalue weighted by Crippen LogP contribution is -2.33. The van der Waals surface area contributed by atoms with Crippen molar-refractivity contribution in [3.63, 3.8) is 0 Å². The van der Waals surface area contributed by atoms with E-state index >= 15 is 0 Å². The van der Waals surface area contributed by atoms with E-state index < -0.39 is 0 Å². The normalized spacial score (nSPS) is 18.6. The summed E-state index contributed by atoms with van der Waals surface area (Å²) in [6.45, 7) is 1.51. The van der Waals surface area contributed by atoms with Crippen LogP contribution < -0.4 is 5.32 Å². The summed E-state index contributed by atoms with van der Waals surface area (Å²) in [7, 11) is 1.43. The lowest BCUT2D eigenvalue weighted by Gasteiger charge is -2.24. The van der Waals surface area contributed by atoms with Crippen molar-refractivity contribution in [1.29, 1.82) is 0 Å². The minimum atomic E-state index is -0.162. The molecular weight excluding hydrogens is 214 g/mol. The Balaban J connectivity index is 0.00000112. The summed E-state index contributed by atoms with van der Waals surface area (Å²) < 4.78 is 4.77. The largest absolute Gasteiger partial charge is 0.469 e. The minimum Gasteiger partial charge on any atom is -0.469 e. The van der Waals surface area contributed by atoms with E-state index in [9.17, 15) is 4.79 Å². The van der Waals surface area contributed by atoms with Crippen LogP contribution in [0.1, 0.15) is 17.0 Å². The summed E-state index contributed by atoms with van der Waals surface area (Å²) in [6, 6.07) is 7.98. The zero-order valence-electron chi connectivity index (χ0n) is 8.53. The molecule has 2 rings (SSSR count). The Hall–Kier alpha value is -1.06.